The summed E-state index contributed by atoms with van der Waals surface area (Å²) in [6.07, 6.45) is -0.888. The van der Waals surface area contributed by atoms with Crippen LogP contribution in [0, 0.1) is 0 Å². The summed E-state index contributed by atoms with van der Waals surface area (Å²) in [5.74, 6) is 0.245. The molecule has 1 amide bonds. The monoisotopic (exact) mass is 298 g/mol. The van der Waals surface area contributed by atoms with Gasteiger partial charge in [-0.2, -0.15) is 0 Å². The van der Waals surface area contributed by atoms with Crippen molar-refractivity contribution in [2.75, 3.05) is 43.4 Å². The molecule has 0 saturated carbocycles. The van der Waals surface area contributed by atoms with Gasteiger partial charge in [-0.3, -0.25) is 0 Å². The van der Waals surface area contributed by atoms with Crippen molar-refractivity contribution in [3.63, 3.8) is 0 Å². The number of rotatable bonds is 3. The number of primary amides is 1. The molecule has 0 bridgehead atoms. The Morgan fingerprint density at radius 3 is 2.55 bits per heavy atom. The van der Waals surface area contributed by atoms with Crippen molar-refractivity contribution >= 4 is 29.1 Å². The van der Waals surface area contributed by atoms with E-state index >= 15 is 0 Å². The van der Waals surface area contributed by atoms with Crippen LogP contribution in [-0.2, 0) is 0 Å². The third kappa shape index (κ3) is 3.26. The molecule has 1 aliphatic heterocycles. The van der Waals surface area contributed by atoms with Gasteiger partial charge in [0.05, 0.1) is 16.4 Å². The highest BCUT2D eigenvalue weighted by molar-refractivity contribution is 6.33. The number of anilines is 2. The van der Waals surface area contributed by atoms with Crippen molar-refractivity contribution in [1.29, 1.82) is 0 Å². The maximum absolute atomic E-state index is 10.9. The molecular weight excluding hydrogens is 280 g/mol. The largest absolute Gasteiger partial charge is 0.410 e. The average Bonchev–Trinajstić information content (AvgIpc) is 2.41. The fourth-order valence-electron chi connectivity index (χ4n) is 2.30. The normalized spacial score (nSPS) is 16.2. The Morgan fingerprint density at radius 1 is 1.35 bits per heavy atom. The molecule has 4 N–H and O–H groups in total. The Balaban J connectivity index is 2.21. The second kappa shape index (κ2) is 6.19. The smallest absolute Gasteiger partial charge is 0.408 e. The van der Waals surface area contributed by atoms with Crippen LogP contribution in [0.15, 0.2) is 12.1 Å². The number of piperazine rings is 1. The van der Waals surface area contributed by atoms with Crippen molar-refractivity contribution in [2.45, 2.75) is 6.92 Å². The molecule has 110 valence electrons. The first-order valence-corrected chi connectivity index (χ1v) is 6.92. The van der Waals surface area contributed by atoms with E-state index in [2.05, 4.69) is 16.7 Å². The topological polar surface area (TPSA) is 84.8 Å². The van der Waals surface area contributed by atoms with Crippen molar-refractivity contribution in [2.24, 2.45) is 5.73 Å². The fourth-order valence-corrected chi connectivity index (χ4v) is 2.59. The van der Waals surface area contributed by atoms with Gasteiger partial charge in [-0.15, -0.1) is 0 Å². The molecule has 0 aromatic heterocycles. The summed E-state index contributed by atoms with van der Waals surface area (Å²) in [5.41, 5.74) is 11.9. The summed E-state index contributed by atoms with van der Waals surface area (Å²) < 4.78 is 4.89. The van der Waals surface area contributed by atoms with Gasteiger partial charge in [-0.05, 0) is 12.6 Å². The number of benzene rings is 1. The molecule has 20 heavy (non-hydrogen) atoms. The first-order valence-electron chi connectivity index (χ1n) is 6.55. The number of amides is 1. The highest BCUT2D eigenvalue weighted by Crippen LogP contribution is 2.35. The predicted octanol–water partition coefficient (Wildman–Crippen LogP) is 1.52. The van der Waals surface area contributed by atoms with Crippen LogP contribution in [0.5, 0.6) is 5.75 Å². The second-order valence-electron chi connectivity index (χ2n) is 4.68. The van der Waals surface area contributed by atoms with Crippen LogP contribution in [0.4, 0.5) is 16.2 Å². The molecule has 0 aliphatic carbocycles. The number of halogens is 1. The van der Waals surface area contributed by atoms with Gasteiger partial charge in [0, 0.05) is 32.2 Å². The number of nitrogen functional groups attached to an aromatic ring is 1. The molecule has 1 heterocycles. The van der Waals surface area contributed by atoms with E-state index < -0.39 is 6.09 Å². The van der Waals surface area contributed by atoms with Crippen LogP contribution < -0.4 is 21.1 Å². The maximum Gasteiger partial charge on any atom is 0.410 e. The zero-order valence-corrected chi connectivity index (χ0v) is 12.2. The summed E-state index contributed by atoms with van der Waals surface area (Å²) >= 11 is 6.23. The molecule has 1 aromatic rings. The zero-order valence-electron chi connectivity index (χ0n) is 11.4. The third-order valence-corrected chi connectivity index (χ3v) is 3.75. The second-order valence-corrected chi connectivity index (χ2v) is 5.09. The number of likely N-dealkylation sites (N-methyl/N-ethyl adjacent to an activating group) is 1. The van der Waals surface area contributed by atoms with E-state index in [1.165, 1.54) is 0 Å². The van der Waals surface area contributed by atoms with E-state index in [9.17, 15) is 4.79 Å². The minimum Gasteiger partial charge on any atom is -0.408 e. The summed E-state index contributed by atoms with van der Waals surface area (Å²) in [4.78, 5) is 15.4. The molecule has 0 atom stereocenters. The lowest BCUT2D eigenvalue weighted by Crippen LogP contribution is -2.46. The SMILES string of the molecule is CCN1CCN(c2cc(OC(N)=O)c(N)cc2Cl)CC1. The number of carbonyl (C=O) groups excluding carboxylic acids is 1. The first-order chi connectivity index (χ1) is 9.51. The lowest BCUT2D eigenvalue weighted by Gasteiger charge is -2.36. The van der Waals surface area contributed by atoms with Crippen LogP contribution in [0.2, 0.25) is 5.02 Å². The molecule has 1 saturated heterocycles. The van der Waals surface area contributed by atoms with Crippen LogP contribution >= 0.6 is 11.6 Å². The zero-order chi connectivity index (χ0) is 14.7. The van der Waals surface area contributed by atoms with Crippen LogP contribution in [0.1, 0.15) is 6.92 Å². The number of carbonyl (C=O) groups is 1. The number of nitrogens with two attached hydrogens (primary N) is 2. The van der Waals surface area contributed by atoms with Crippen LogP contribution in [-0.4, -0.2) is 43.7 Å². The molecule has 0 radical (unpaired) electrons. The van der Waals surface area contributed by atoms with Gasteiger partial charge in [0.15, 0.2) is 5.75 Å². The lowest BCUT2D eigenvalue weighted by molar-refractivity contribution is 0.211. The molecule has 0 unspecified atom stereocenters. The first kappa shape index (κ1) is 14.7. The lowest BCUT2D eigenvalue weighted by atomic mass is 10.2. The number of nitrogens with zero attached hydrogens (tertiary/aromatic N) is 2. The van der Waals surface area contributed by atoms with Crippen LogP contribution in [0.25, 0.3) is 0 Å². The fraction of sp³-hybridized carbons (Fsp3) is 0.462. The van der Waals surface area contributed by atoms with Crippen molar-refractivity contribution in [3.8, 4) is 5.75 Å². The minimum atomic E-state index is -0.888. The Labute approximate surface area is 123 Å². The standard InChI is InChI=1S/C13H19ClN4O2/c1-2-17-3-5-18(6-4-17)11-8-12(20-13(16)19)10(15)7-9(11)14/h7-8H,2-6,15H2,1H3,(H2,16,19). The highest BCUT2D eigenvalue weighted by Gasteiger charge is 2.20. The Hall–Kier alpha value is -1.66. The molecule has 7 heteroatoms. The molecular formula is C13H19ClN4O2. The third-order valence-electron chi connectivity index (χ3n) is 3.45. The number of ether oxygens (including phenoxy) is 1. The van der Waals surface area contributed by atoms with Gasteiger partial charge in [-0.1, -0.05) is 18.5 Å². The molecule has 1 aliphatic rings. The molecule has 1 fully saturated rings. The highest BCUT2D eigenvalue weighted by atomic mass is 35.5. The predicted molar refractivity (Wildman–Crippen MR) is 80.4 cm³/mol. The van der Waals surface area contributed by atoms with E-state index in [0.717, 1.165) is 38.4 Å². The molecule has 0 spiro atoms. The summed E-state index contributed by atoms with van der Waals surface area (Å²) in [5, 5.41) is 0.546. The molecule has 6 nitrogen and oxygen atoms in total. The van der Waals surface area contributed by atoms with Crippen molar-refractivity contribution < 1.29 is 9.53 Å². The Bertz CT molecular complexity index is 501. The van der Waals surface area contributed by atoms with Crippen molar-refractivity contribution in [3.05, 3.63) is 17.2 Å². The maximum atomic E-state index is 10.9. The summed E-state index contributed by atoms with van der Waals surface area (Å²) in [6, 6.07) is 3.26. The quantitative estimate of drug-likeness (QED) is 0.827. The number of hydrogen-bond donors (Lipinski definition) is 2. The average molecular weight is 299 g/mol. The van der Waals surface area contributed by atoms with E-state index in [1.54, 1.807) is 12.1 Å². The Morgan fingerprint density at radius 2 is 2.00 bits per heavy atom. The van der Waals surface area contributed by atoms with E-state index in [-0.39, 0.29) is 5.75 Å². The van der Waals surface area contributed by atoms with Gasteiger partial charge < -0.3 is 26.0 Å². The van der Waals surface area contributed by atoms with E-state index in [4.69, 9.17) is 27.8 Å². The molecule has 1 aromatic carbocycles. The van der Waals surface area contributed by atoms with E-state index in [0.29, 0.717) is 10.7 Å². The van der Waals surface area contributed by atoms with E-state index in [1.807, 2.05) is 0 Å². The summed E-state index contributed by atoms with van der Waals surface area (Å²) in [7, 11) is 0. The summed E-state index contributed by atoms with van der Waals surface area (Å²) in [6.45, 7) is 6.87. The van der Waals surface area contributed by atoms with Gasteiger partial charge in [0.25, 0.3) is 0 Å². The number of hydrogen-bond acceptors (Lipinski definition) is 5. The molecule has 2 rings (SSSR count). The van der Waals surface area contributed by atoms with Gasteiger partial charge >= 0.3 is 6.09 Å². The van der Waals surface area contributed by atoms with Gasteiger partial charge in [0.2, 0.25) is 0 Å². The van der Waals surface area contributed by atoms with Gasteiger partial charge in [0.1, 0.15) is 0 Å². The van der Waals surface area contributed by atoms with Crippen molar-refractivity contribution in [1.82, 2.24) is 4.90 Å². The minimum absolute atomic E-state index is 0.245. The van der Waals surface area contributed by atoms with Gasteiger partial charge in [-0.25, -0.2) is 4.79 Å². The Kier molecular flexibility index (Phi) is 4.57. The van der Waals surface area contributed by atoms with Crippen LogP contribution in [0.3, 0.4) is 0 Å².